The van der Waals surface area contributed by atoms with Gasteiger partial charge in [0, 0.05) is 22.9 Å². The van der Waals surface area contributed by atoms with E-state index < -0.39 is 10.8 Å². The summed E-state index contributed by atoms with van der Waals surface area (Å²) >= 11 is 3.20. The molecule has 1 heterocycles. The van der Waals surface area contributed by atoms with Gasteiger partial charge in [-0.25, -0.2) is 5.43 Å². The number of nitro benzene ring substituents is 1. The van der Waals surface area contributed by atoms with Crippen LogP contribution in [0.1, 0.15) is 15.9 Å². The number of amides is 1. The van der Waals surface area contributed by atoms with Gasteiger partial charge in [0.1, 0.15) is 0 Å². The molecule has 2 aromatic rings. The number of pyridine rings is 1. The SMILES string of the molecule is O=C(N/N=C\c1ccccc1[N+](=O)[O-])c1cncc(Br)c1. The molecule has 0 saturated carbocycles. The van der Waals surface area contributed by atoms with Crippen LogP contribution in [0.4, 0.5) is 5.69 Å². The molecule has 1 aromatic carbocycles. The standard InChI is InChI=1S/C13H9BrN4O3/c14-11-5-10(6-15-8-11)13(19)17-16-7-9-3-1-2-4-12(9)18(20)21/h1-8H,(H,17,19)/b16-7-. The molecular weight excluding hydrogens is 340 g/mol. The fourth-order valence-electron chi connectivity index (χ4n) is 1.52. The van der Waals surface area contributed by atoms with Crippen molar-refractivity contribution in [2.45, 2.75) is 0 Å². The minimum atomic E-state index is -0.512. The number of carbonyl (C=O) groups excluding carboxylic acids is 1. The summed E-state index contributed by atoms with van der Waals surface area (Å²) in [7, 11) is 0. The molecule has 0 fully saturated rings. The lowest BCUT2D eigenvalue weighted by Crippen LogP contribution is -2.17. The first-order valence-electron chi connectivity index (χ1n) is 5.75. The van der Waals surface area contributed by atoms with Gasteiger partial charge in [-0.2, -0.15) is 5.10 Å². The normalized spacial score (nSPS) is 10.5. The zero-order chi connectivity index (χ0) is 15.2. The lowest BCUT2D eigenvalue weighted by Gasteiger charge is -2.00. The number of halogens is 1. The average molecular weight is 349 g/mol. The Balaban J connectivity index is 2.09. The highest BCUT2D eigenvalue weighted by atomic mass is 79.9. The number of benzene rings is 1. The highest BCUT2D eigenvalue weighted by Crippen LogP contribution is 2.15. The third-order valence-corrected chi connectivity index (χ3v) is 2.90. The van der Waals surface area contributed by atoms with E-state index in [-0.39, 0.29) is 5.69 Å². The zero-order valence-electron chi connectivity index (χ0n) is 10.6. The van der Waals surface area contributed by atoms with Gasteiger partial charge in [0.2, 0.25) is 0 Å². The molecule has 21 heavy (non-hydrogen) atoms. The van der Waals surface area contributed by atoms with Gasteiger partial charge >= 0.3 is 0 Å². The first-order valence-corrected chi connectivity index (χ1v) is 6.54. The van der Waals surface area contributed by atoms with E-state index in [2.05, 4.69) is 31.4 Å². The monoisotopic (exact) mass is 348 g/mol. The summed E-state index contributed by atoms with van der Waals surface area (Å²) in [6, 6.07) is 7.69. The van der Waals surface area contributed by atoms with Crippen LogP contribution in [0.25, 0.3) is 0 Å². The maximum absolute atomic E-state index is 11.8. The predicted octanol–water partition coefficient (Wildman–Crippen LogP) is 2.52. The molecule has 0 unspecified atom stereocenters. The van der Waals surface area contributed by atoms with Gasteiger partial charge in [-0.1, -0.05) is 12.1 Å². The molecule has 0 spiro atoms. The number of nitro groups is 1. The highest BCUT2D eigenvalue weighted by molar-refractivity contribution is 9.10. The van der Waals surface area contributed by atoms with Gasteiger partial charge < -0.3 is 0 Å². The van der Waals surface area contributed by atoms with E-state index in [1.54, 1.807) is 24.4 Å². The molecule has 8 heteroatoms. The molecule has 0 radical (unpaired) electrons. The second kappa shape index (κ2) is 6.71. The Kier molecular flexibility index (Phi) is 4.72. The van der Waals surface area contributed by atoms with E-state index in [9.17, 15) is 14.9 Å². The lowest BCUT2D eigenvalue weighted by molar-refractivity contribution is -0.385. The van der Waals surface area contributed by atoms with E-state index in [0.29, 0.717) is 15.6 Å². The second-order valence-electron chi connectivity index (χ2n) is 3.91. The third kappa shape index (κ3) is 3.93. The van der Waals surface area contributed by atoms with Crippen LogP contribution in [0.3, 0.4) is 0 Å². The molecule has 1 N–H and O–H groups in total. The quantitative estimate of drug-likeness (QED) is 0.521. The fourth-order valence-corrected chi connectivity index (χ4v) is 1.89. The molecule has 0 aliphatic rings. The number of nitrogens with zero attached hydrogens (tertiary/aromatic N) is 3. The van der Waals surface area contributed by atoms with Gasteiger partial charge in [0.15, 0.2) is 0 Å². The van der Waals surface area contributed by atoms with Crippen LogP contribution >= 0.6 is 15.9 Å². The number of hydrogen-bond acceptors (Lipinski definition) is 5. The van der Waals surface area contributed by atoms with Crippen molar-refractivity contribution in [3.05, 3.63) is 68.4 Å². The number of aromatic nitrogens is 1. The molecule has 1 amide bonds. The van der Waals surface area contributed by atoms with Crippen molar-refractivity contribution in [1.29, 1.82) is 0 Å². The van der Waals surface area contributed by atoms with Gasteiger partial charge in [-0.3, -0.25) is 19.9 Å². The highest BCUT2D eigenvalue weighted by Gasteiger charge is 2.10. The topological polar surface area (TPSA) is 97.5 Å². The van der Waals surface area contributed by atoms with Crippen molar-refractivity contribution in [3.8, 4) is 0 Å². The van der Waals surface area contributed by atoms with Crippen molar-refractivity contribution in [2.24, 2.45) is 5.10 Å². The molecule has 0 aliphatic carbocycles. The van der Waals surface area contributed by atoms with Crippen LogP contribution in [-0.2, 0) is 0 Å². The maximum atomic E-state index is 11.8. The van der Waals surface area contributed by atoms with Gasteiger partial charge in [0.05, 0.1) is 22.3 Å². The lowest BCUT2D eigenvalue weighted by atomic mass is 10.2. The Morgan fingerprint density at radius 3 is 2.86 bits per heavy atom. The predicted molar refractivity (Wildman–Crippen MR) is 80.1 cm³/mol. The number of hydrazone groups is 1. The van der Waals surface area contributed by atoms with Crippen LogP contribution in [0, 0.1) is 10.1 Å². The van der Waals surface area contributed by atoms with Crippen molar-refractivity contribution >= 4 is 33.7 Å². The summed E-state index contributed by atoms with van der Waals surface area (Å²) in [5.41, 5.74) is 2.83. The van der Waals surface area contributed by atoms with Crippen LogP contribution < -0.4 is 5.43 Å². The zero-order valence-corrected chi connectivity index (χ0v) is 12.1. The minimum absolute atomic E-state index is 0.0837. The molecule has 0 saturated heterocycles. The Morgan fingerprint density at radius 1 is 1.38 bits per heavy atom. The first-order chi connectivity index (χ1) is 10.1. The summed E-state index contributed by atoms with van der Waals surface area (Å²) in [6.45, 7) is 0. The summed E-state index contributed by atoms with van der Waals surface area (Å²) in [5, 5.41) is 14.5. The largest absolute Gasteiger partial charge is 0.278 e. The number of hydrogen-bond donors (Lipinski definition) is 1. The number of rotatable bonds is 4. The summed E-state index contributed by atoms with van der Waals surface area (Å²) in [6.07, 6.45) is 4.16. The van der Waals surface area contributed by atoms with E-state index in [1.807, 2.05) is 0 Å². The molecule has 7 nitrogen and oxygen atoms in total. The molecule has 1 aromatic heterocycles. The van der Waals surface area contributed by atoms with E-state index in [1.165, 1.54) is 24.5 Å². The Hall–Kier alpha value is -2.61. The van der Waals surface area contributed by atoms with Crippen molar-refractivity contribution in [3.63, 3.8) is 0 Å². The van der Waals surface area contributed by atoms with Crippen LogP contribution in [0.5, 0.6) is 0 Å². The minimum Gasteiger partial charge on any atom is -0.267 e. The van der Waals surface area contributed by atoms with Crippen molar-refractivity contribution in [1.82, 2.24) is 10.4 Å². The van der Waals surface area contributed by atoms with E-state index >= 15 is 0 Å². The van der Waals surface area contributed by atoms with Crippen molar-refractivity contribution < 1.29 is 9.72 Å². The van der Waals surface area contributed by atoms with Gasteiger partial charge in [-0.15, -0.1) is 0 Å². The Morgan fingerprint density at radius 2 is 2.14 bits per heavy atom. The van der Waals surface area contributed by atoms with E-state index in [4.69, 9.17) is 0 Å². The van der Waals surface area contributed by atoms with E-state index in [0.717, 1.165) is 0 Å². The van der Waals surface area contributed by atoms with Crippen molar-refractivity contribution in [2.75, 3.05) is 0 Å². The molecule has 2 rings (SSSR count). The van der Waals surface area contributed by atoms with Crippen LogP contribution in [-0.4, -0.2) is 22.0 Å². The number of nitrogens with one attached hydrogen (secondary N) is 1. The van der Waals surface area contributed by atoms with Crippen LogP contribution in [0.2, 0.25) is 0 Å². The maximum Gasteiger partial charge on any atom is 0.278 e. The molecule has 0 aliphatic heterocycles. The molecule has 106 valence electrons. The van der Waals surface area contributed by atoms with Gasteiger partial charge in [-0.05, 0) is 28.1 Å². The molecule has 0 bridgehead atoms. The molecular formula is C13H9BrN4O3. The van der Waals surface area contributed by atoms with Gasteiger partial charge in [0.25, 0.3) is 11.6 Å². The summed E-state index contributed by atoms with van der Waals surface area (Å²) < 4.78 is 0.665. The smallest absolute Gasteiger partial charge is 0.267 e. The van der Waals surface area contributed by atoms with Crippen LogP contribution in [0.15, 0.2) is 52.3 Å². The Labute approximate surface area is 128 Å². The summed E-state index contributed by atoms with van der Waals surface area (Å²) in [5.74, 6) is -0.460. The molecule has 0 atom stereocenters. The third-order valence-electron chi connectivity index (χ3n) is 2.47. The first kappa shape index (κ1) is 14.8. The number of carbonyl (C=O) groups is 1. The fraction of sp³-hybridized carbons (Fsp3) is 0. The number of para-hydroxylation sites is 1. The second-order valence-corrected chi connectivity index (χ2v) is 4.82. The summed E-state index contributed by atoms with van der Waals surface area (Å²) in [4.78, 5) is 26.0. The Bertz CT molecular complexity index is 718. The average Bonchev–Trinajstić information content (AvgIpc) is 2.47.